The first-order chi connectivity index (χ1) is 11.6. The predicted molar refractivity (Wildman–Crippen MR) is 88.4 cm³/mol. The van der Waals surface area contributed by atoms with Gasteiger partial charge in [-0.3, -0.25) is 14.5 Å². The summed E-state index contributed by atoms with van der Waals surface area (Å²) in [6, 6.07) is 3.59. The number of nitrogens with one attached hydrogen (secondary N) is 2. The van der Waals surface area contributed by atoms with E-state index in [-0.39, 0.29) is 6.04 Å². The minimum absolute atomic E-state index is 0.109. The molecule has 1 unspecified atom stereocenters. The minimum atomic E-state index is -0.626. The van der Waals surface area contributed by atoms with Crippen LogP contribution in [0, 0.1) is 0 Å². The molecule has 0 spiro atoms. The summed E-state index contributed by atoms with van der Waals surface area (Å²) in [5.74, 6) is -0.471. The van der Waals surface area contributed by atoms with Gasteiger partial charge in [-0.1, -0.05) is 0 Å². The van der Waals surface area contributed by atoms with Gasteiger partial charge in [-0.15, -0.1) is 0 Å². The molecule has 2 N–H and O–H groups in total. The standard InChI is InChI=1S/C16H26N4O4/c1-19(2)6-5-17-15(21)16(22)18-12-13(14-4-3-9-24-14)20-7-10-23-11-8-20/h3-4,9,13H,5-8,10-12H2,1-2H3,(H,17,21)(H,18,22). The number of carbonyl (C=O) groups excluding carboxylic acids is 2. The van der Waals surface area contributed by atoms with Gasteiger partial charge in [0.25, 0.3) is 0 Å². The number of likely N-dealkylation sites (N-methyl/N-ethyl adjacent to an activating group) is 1. The van der Waals surface area contributed by atoms with Crippen LogP contribution >= 0.6 is 0 Å². The van der Waals surface area contributed by atoms with Crippen molar-refractivity contribution in [1.82, 2.24) is 20.4 Å². The van der Waals surface area contributed by atoms with Crippen molar-refractivity contribution < 1.29 is 18.7 Å². The number of rotatable bonds is 7. The van der Waals surface area contributed by atoms with Gasteiger partial charge in [-0.2, -0.15) is 0 Å². The van der Waals surface area contributed by atoms with Crippen LogP contribution in [0.4, 0.5) is 0 Å². The first kappa shape index (κ1) is 18.4. The molecule has 1 fully saturated rings. The molecule has 1 aromatic rings. The lowest BCUT2D eigenvalue weighted by Gasteiger charge is -2.33. The van der Waals surface area contributed by atoms with Gasteiger partial charge in [0.1, 0.15) is 5.76 Å². The number of ether oxygens (including phenoxy) is 1. The highest BCUT2D eigenvalue weighted by Crippen LogP contribution is 2.21. The average molecular weight is 338 g/mol. The van der Waals surface area contributed by atoms with Gasteiger partial charge in [0.2, 0.25) is 0 Å². The van der Waals surface area contributed by atoms with E-state index in [1.165, 1.54) is 0 Å². The maximum Gasteiger partial charge on any atom is 0.309 e. The quantitative estimate of drug-likeness (QED) is 0.649. The zero-order valence-corrected chi connectivity index (χ0v) is 14.3. The monoisotopic (exact) mass is 338 g/mol. The van der Waals surface area contributed by atoms with E-state index in [4.69, 9.17) is 9.15 Å². The Kier molecular flexibility index (Phi) is 7.23. The summed E-state index contributed by atoms with van der Waals surface area (Å²) < 4.78 is 10.9. The summed E-state index contributed by atoms with van der Waals surface area (Å²) in [5, 5.41) is 5.30. The molecule has 2 amide bonds. The number of hydrogen-bond acceptors (Lipinski definition) is 6. The molecule has 8 nitrogen and oxygen atoms in total. The number of furan rings is 1. The highest BCUT2D eigenvalue weighted by Gasteiger charge is 2.26. The van der Waals surface area contributed by atoms with Crippen LogP contribution in [0.25, 0.3) is 0 Å². The van der Waals surface area contributed by atoms with Crippen molar-refractivity contribution in [3.05, 3.63) is 24.2 Å². The number of hydrogen-bond donors (Lipinski definition) is 2. The summed E-state index contributed by atoms with van der Waals surface area (Å²) in [4.78, 5) is 27.9. The first-order valence-corrected chi connectivity index (χ1v) is 8.14. The molecule has 1 saturated heterocycles. The molecule has 0 radical (unpaired) electrons. The van der Waals surface area contributed by atoms with Crippen LogP contribution in [-0.2, 0) is 14.3 Å². The second-order valence-corrected chi connectivity index (χ2v) is 5.95. The molecule has 0 aliphatic carbocycles. The topological polar surface area (TPSA) is 87.1 Å². The molecule has 1 atom stereocenters. The minimum Gasteiger partial charge on any atom is -0.468 e. The van der Waals surface area contributed by atoms with Gasteiger partial charge in [0, 0.05) is 32.7 Å². The summed E-state index contributed by atoms with van der Waals surface area (Å²) in [5.41, 5.74) is 0. The largest absolute Gasteiger partial charge is 0.468 e. The van der Waals surface area contributed by atoms with E-state index in [1.807, 2.05) is 31.1 Å². The van der Waals surface area contributed by atoms with Crippen molar-refractivity contribution in [3.63, 3.8) is 0 Å². The maximum absolute atomic E-state index is 12.0. The number of nitrogens with zero attached hydrogens (tertiary/aromatic N) is 2. The van der Waals surface area contributed by atoms with Crippen LogP contribution in [0.1, 0.15) is 11.8 Å². The molecule has 1 aliphatic rings. The normalized spacial score (nSPS) is 16.8. The van der Waals surface area contributed by atoms with Gasteiger partial charge < -0.3 is 24.7 Å². The third-order valence-electron chi connectivity index (χ3n) is 3.86. The van der Waals surface area contributed by atoms with Gasteiger partial charge in [-0.05, 0) is 26.2 Å². The third-order valence-corrected chi connectivity index (χ3v) is 3.86. The van der Waals surface area contributed by atoms with Crippen LogP contribution in [0.2, 0.25) is 0 Å². The fourth-order valence-corrected chi connectivity index (χ4v) is 2.52. The van der Waals surface area contributed by atoms with Crippen molar-refractivity contribution in [2.75, 3.05) is 60.0 Å². The Morgan fingerprint density at radius 2 is 1.96 bits per heavy atom. The number of carbonyl (C=O) groups is 2. The van der Waals surface area contributed by atoms with Crippen LogP contribution < -0.4 is 10.6 Å². The van der Waals surface area contributed by atoms with Gasteiger partial charge in [0.15, 0.2) is 0 Å². The predicted octanol–water partition coefficient (Wildman–Crippen LogP) is -0.553. The summed E-state index contributed by atoms with van der Waals surface area (Å²) in [6.45, 7) is 4.25. The second kappa shape index (κ2) is 9.41. The van der Waals surface area contributed by atoms with E-state index >= 15 is 0 Å². The first-order valence-electron chi connectivity index (χ1n) is 8.14. The Morgan fingerprint density at radius 3 is 2.58 bits per heavy atom. The molecular formula is C16H26N4O4. The van der Waals surface area contributed by atoms with E-state index in [2.05, 4.69) is 15.5 Å². The van der Waals surface area contributed by atoms with E-state index in [0.29, 0.717) is 32.8 Å². The van der Waals surface area contributed by atoms with E-state index < -0.39 is 11.8 Å². The zero-order valence-electron chi connectivity index (χ0n) is 14.3. The SMILES string of the molecule is CN(C)CCNC(=O)C(=O)NCC(c1ccco1)N1CCOCC1. The number of morpholine rings is 1. The lowest BCUT2D eigenvalue weighted by Crippen LogP contribution is -2.47. The molecule has 8 heteroatoms. The van der Waals surface area contributed by atoms with Crippen LogP contribution in [0.15, 0.2) is 22.8 Å². The Morgan fingerprint density at radius 1 is 1.25 bits per heavy atom. The Bertz CT molecular complexity index is 512. The van der Waals surface area contributed by atoms with Crippen molar-refractivity contribution in [2.24, 2.45) is 0 Å². The Balaban J connectivity index is 1.85. The Labute approximate surface area is 142 Å². The van der Waals surface area contributed by atoms with Crippen molar-refractivity contribution in [2.45, 2.75) is 6.04 Å². The molecule has 2 heterocycles. The fourth-order valence-electron chi connectivity index (χ4n) is 2.52. The molecule has 134 valence electrons. The highest BCUT2D eigenvalue weighted by molar-refractivity contribution is 6.35. The van der Waals surface area contributed by atoms with Gasteiger partial charge in [-0.25, -0.2) is 0 Å². The van der Waals surface area contributed by atoms with Gasteiger partial charge >= 0.3 is 11.8 Å². The molecule has 0 saturated carbocycles. The highest BCUT2D eigenvalue weighted by atomic mass is 16.5. The zero-order chi connectivity index (χ0) is 17.4. The third kappa shape index (κ3) is 5.63. The summed E-state index contributed by atoms with van der Waals surface area (Å²) in [6.07, 6.45) is 1.61. The molecule has 0 aromatic carbocycles. The van der Waals surface area contributed by atoms with Crippen molar-refractivity contribution in [3.8, 4) is 0 Å². The molecule has 1 aromatic heterocycles. The van der Waals surface area contributed by atoms with E-state index in [1.54, 1.807) is 6.26 Å². The molecule has 2 rings (SSSR count). The van der Waals surface area contributed by atoms with E-state index in [9.17, 15) is 9.59 Å². The molecule has 0 bridgehead atoms. The van der Waals surface area contributed by atoms with E-state index in [0.717, 1.165) is 18.8 Å². The van der Waals surface area contributed by atoms with Gasteiger partial charge in [0.05, 0.1) is 25.5 Å². The summed E-state index contributed by atoms with van der Waals surface area (Å²) >= 11 is 0. The molecule has 24 heavy (non-hydrogen) atoms. The lowest BCUT2D eigenvalue weighted by atomic mass is 10.1. The smallest absolute Gasteiger partial charge is 0.309 e. The average Bonchev–Trinajstić information content (AvgIpc) is 3.09. The maximum atomic E-state index is 12.0. The second-order valence-electron chi connectivity index (χ2n) is 5.95. The lowest BCUT2D eigenvalue weighted by molar-refractivity contribution is -0.139. The van der Waals surface area contributed by atoms with Crippen LogP contribution in [0.5, 0.6) is 0 Å². The summed E-state index contributed by atoms with van der Waals surface area (Å²) in [7, 11) is 3.81. The Hall–Kier alpha value is -1.90. The number of amides is 2. The van der Waals surface area contributed by atoms with Crippen molar-refractivity contribution in [1.29, 1.82) is 0 Å². The van der Waals surface area contributed by atoms with Crippen LogP contribution in [0.3, 0.4) is 0 Å². The molecule has 1 aliphatic heterocycles. The van der Waals surface area contributed by atoms with Crippen LogP contribution in [-0.4, -0.2) is 81.6 Å². The molecular weight excluding hydrogens is 312 g/mol. The fraction of sp³-hybridized carbons (Fsp3) is 0.625. The van der Waals surface area contributed by atoms with Crippen molar-refractivity contribution >= 4 is 11.8 Å².